The summed E-state index contributed by atoms with van der Waals surface area (Å²) in [5.74, 6) is 0.250. The summed E-state index contributed by atoms with van der Waals surface area (Å²) in [7, 11) is -0.830. The van der Waals surface area contributed by atoms with Crippen LogP contribution in [0, 0.1) is 0 Å². The third-order valence-corrected chi connectivity index (χ3v) is 5.93. The molecular formula is C19H26ClN3O4S. The topological polar surface area (TPSA) is 102 Å². The highest BCUT2D eigenvalue weighted by molar-refractivity contribution is 7.92. The van der Waals surface area contributed by atoms with Crippen molar-refractivity contribution in [2.24, 2.45) is 5.73 Å². The number of hydrogen-bond acceptors (Lipinski definition) is 5. The second kappa shape index (κ2) is 9.27. The average molecular weight is 428 g/mol. The largest absolute Gasteiger partial charge is 0.497 e. The number of hydrogen-bond donors (Lipinski definition) is 2. The molecule has 0 saturated heterocycles. The van der Waals surface area contributed by atoms with E-state index in [1.54, 1.807) is 50.2 Å². The van der Waals surface area contributed by atoms with Crippen LogP contribution >= 0.6 is 12.4 Å². The molecule has 28 heavy (non-hydrogen) atoms. The summed E-state index contributed by atoms with van der Waals surface area (Å²) < 4.78 is 32.1. The normalized spacial score (nSPS) is 11.3. The van der Waals surface area contributed by atoms with Crippen LogP contribution in [0.4, 0.5) is 5.69 Å². The van der Waals surface area contributed by atoms with Crippen molar-refractivity contribution in [2.45, 2.75) is 24.3 Å². The van der Waals surface area contributed by atoms with Crippen LogP contribution in [0.1, 0.15) is 24.2 Å². The summed E-state index contributed by atoms with van der Waals surface area (Å²) in [6.07, 6.45) is 0. The van der Waals surface area contributed by atoms with Gasteiger partial charge in [-0.05, 0) is 56.3 Å². The molecule has 0 saturated carbocycles. The molecule has 2 rings (SSSR count). The first-order valence-electron chi connectivity index (χ1n) is 8.36. The van der Waals surface area contributed by atoms with E-state index in [1.807, 2.05) is 0 Å². The SMILES string of the molecule is COc1ccc(N(C)S(=O)(=O)c2cccc(C(=O)NC(C)(C)CN)c2)cc1.Cl. The van der Waals surface area contributed by atoms with Crippen molar-refractivity contribution in [3.8, 4) is 5.75 Å². The Morgan fingerprint density at radius 3 is 2.32 bits per heavy atom. The molecule has 0 aromatic heterocycles. The van der Waals surface area contributed by atoms with E-state index in [0.29, 0.717) is 11.4 Å². The second-order valence-electron chi connectivity index (χ2n) is 6.74. The smallest absolute Gasteiger partial charge is 0.264 e. The maximum absolute atomic E-state index is 12.9. The highest BCUT2D eigenvalue weighted by Crippen LogP contribution is 2.24. The Kier molecular flexibility index (Phi) is 7.86. The van der Waals surface area contributed by atoms with Gasteiger partial charge in [0, 0.05) is 24.7 Å². The first kappa shape index (κ1) is 23.7. The van der Waals surface area contributed by atoms with E-state index in [-0.39, 0.29) is 35.3 Å². The summed E-state index contributed by atoms with van der Waals surface area (Å²) in [6.45, 7) is 3.85. The van der Waals surface area contributed by atoms with Gasteiger partial charge in [0.15, 0.2) is 0 Å². The molecule has 0 aliphatic rings. The van der Waals surface area contributed by atoms with Crippen LogP contribution in [0.25, 0.3) is 0 Å². The Bertz CT molecular complexity index is 915. The maximum Gasteiger partial charge on any atom is 0.264 e. The van der Waals surface area contributed by atoms with Crippen molar-refractivity contribution in [3.63, 3.8) is 0 Å². The van der Waals surface area contributed by atoms with Crippen molar-refractivity contribution in [1.29, 1.82) is 0 Å². The van der Waals surface area contributed by atoms with Crippen molar-refractivity contribution in [2.75, 3.05) is 25.0 Å². The molecule has 154 valence electrons. The van der Waals surface area contributed by atoms with E-state index in [0.717, 1.165) is 4.31 Å². The summed E-state index contributed by atoms with van der Waals surface area (Å²) in [6, 6.07) is 12.6. The van der Waals surface area contributed by atoms with Crippen LogP contribution in [-0.4, -0.2) is 40.6 Å². The number of sulfonamides is 1. The van der Waals surface area contributed by atoms with Gasteiger partial charge < -0.3 is 15.8 Å². The molecule has 2 aromatic rings. The zero-order valence-corrected chi connectivity index (χ0v) is 17.9. The Morgan fingerprint density at radius 1 is 1.18 bits per heavy atom. The summed E-state index contributed by atoms with van der Waals surface area (Å²) in [5, 5.41) is 2.79. The van der Waals surface area contributed by atoms with Gasteiger partial charge in [-0.3, -0.25) is 9.10 Å². The second-order valence-corrected chi connectivity index (χ2v) is 8.71. The number of anilines is 1. The molecule has 2 aromatic carbocycles. The predicted molar refractivity (Wildman–Crippen MR) is 113 cm³/mol. The van der Waals surface area contributed by atoms with Gasteiger partial charge in [-0.2, -0.15) is 0 Å². The summed E-state index contributed by atoms with van der Waals surface area (Å²) in [5.41, 5.74) is 5.77. The fraction of sp³-hybridized carbons (Fsp3) is 0.316. The average Bonchev–Trinajstić information content (AvgIpc) is 2.67. The van der Waals surface area contributed by atoms with Gasteiger partial charge in [-0.25, -0.2) is 8.42 Å². The zero-order valence-electron chi connectivity index (χ0n) is 16.3. The molecule has 0 radical (unpaired) electrons. The molecule has 0 aliphatic carbocycles. The number of methoxy groups -OCH3 is 1. The minimum Gasteiger partial charge on any atom is -0.497 e. The number of nitrogens with one attached hydrogen (secondary N) is 1. The number of amides is 1. The standard InChI is InChI=1S/C19H25N3O4S.ClH/c1-19(2,13-20)21-18(23)14-6-5-7-17(12-14)27(24,25)22(3)15-8-10-16(26-4)11-9-15;/h5-12H,13,20H2,1-4H3,(H,21,23);1H. The monoisotopic (exact) mass is 427 g/mol. The van der Waals surface area contributed by atoms with Crippen molar-refractivity contribution >= 4 is 34.0 Å². The van der Waals surface area contributed by atoms with Gasteiger partial charge in [0.1, 0.15) is 5.75 Å². The molecule has 0 heterocycles. The Morgan fingerprint density at radius 2 is 1.79 bits per heavy atom. The number of ether oxygens (including phenoxy) is 1. The summed E-state index contributed by atoms with van der Waals surface area (Å²) in [4.78, 5) is 12.4. The Hall–Kier alpha value is -2.29. The molecule has 7 nitrogen and oxygen atoms in total. The molecule has 0 fully saturated rings. The molecule has 9 heteroatoms. The van der Waals surface area contributed by atoms with Gasteiger partial charge in [0.2, 0.25) is 0 Å². The van der Waals surface area contributed by atoms with Crippen LogP contribution in [0.5, 0.6) is 5.75 Å². The fourth-order valence-corrected chi connectivity index (χ4v) is 3.56. The number of halogens is 1. The minimum absolute atomic E-state index is 0. The number of nitrogens with two attached hydrogens (primary N) is 1. The van der Waals surface area contributed by atoms with Crippen LogP contribution in [-0.2, 0) is 10.0 Å². The van der Waals surface area contributed by atoms with Crippen LogP contribution < -0.4 is 20.1 Å². The third kappa shape index (κ3) is 5.37. The molecule has 0 atom stereocenters. The van der Waals surface area contributed by atoms with Gasteiger partial charge >= 0.3 is 0 Å². The number of carbonyl (C=O) groups excluding carboxylic acids is 1. The van der Waals surface area contributed by atoms with Crippen LogP contribution in [0.2, 0.25) is 0 Å². The predicted octanol–water partition coefficient (Wildman–Crippen LogP) is 2.41. The Labute approximate surface area is 172 Å². The van der Waals surface area contributed by atoms with Crippen molar-refractivity contribution < 1.29 is 17.9 Å². The number of carbonyl (C=O) groups is 1. The molecule has 0 bridgehead atoms. The molecule has 0 aliphatic heterocycles. The van der Waals surface area contributed by atoms with E-state index in [4.69, 9.17) is 10.5 Å². The van der Waals surface area contributed by atoms with Crippen LogP contribution in [0.15, 0.2) is 53.4 Å². The first-order valence-corrected chi connectivity index (χ1v) is 9.80. The zero-order chi connectivity index (χ0) is 20.2. The lowest BCUT2D eigenvalue weighted by molar-refractivity contribution is 0.0915. The van der Waals surface area contributed by atoms with E-state index in [9.17, 15) is 13.2 Å². The van der Waals surface area contributed by atoms with Gasteiger partial charge in [0.05, 0.1) is 17.7 Å². The lowest BCUT2D eigenvalue weighted by atomic mass is 10.1. The first-order chi connectivity index (χ1) is 12.6. The van der Waals surface area contributed by atoms with Gasteiger partial charge in [0.25, 0.3) is 15.9 Å². The third-order valence-electron chi connectivity index (χ3n) is 4.15. The number of rotatable bonds is 7. The van der Waals surface area contributed by atoms with Gasteiger partial charge in [-0.1, -0.05) is 6.07 Å². The molecule has 0 spiro atoms. The Balaban J connectivity index is 0.00000392. The van der Waals surface area contributed by atoms with E-state index in [1.165, 1.54) is 26.3 Å². The maximum atomic E-state index is 12.9. The highest BCUT2D eigenvalue weighted by Gasteiger charge is 2.24. The molecule has 3 N–H and O–H groups in total. The van der Waals surface area contributed by atoms with E-state index < -0.39 is 15.6 Å². The number of benzene rings is 2. The van der Waals surface area contributed by atoms with Gasteiger partial charge in [-0.15, -0.1) is 12.4 Å². The highest BCUT2D eigenvalue weighted by atomic mass is 35.5. The minimum atomic E-state index is -3.83. The molecule has 1 amide bonds. The van der Waals surface area contributed by atoms with Crippen molar-refractivity contribution in [3.05, 3.63) is 54.1 Å². The quantitative estimate of drug-likeness (QED) is 0.706. The molecule has 0 unspecified atom stereocenters. The fourth-order valence-electron chi connectivity index (χ4n) is 2.32. The molecular weight excluding hydrogens is 402 g/mol. The lowest BCUT2D eigenvalue weighted by Crippen LogP contribution is -2.48. The van der Waals surface area contributed by atoms with Crippen molar-refractivity contribution in [1.82, 2.24) is 5.32 Å². The lowest BCUT2D eigenvalue weighted by Gasteiger charge is -2.24. The van der Waals surface area contributed by atoms with E-state index in [2.05, 4.69) is 5.32 Å². The summed E-state index contributed by atoms with van der Waals surface area (Å²) >= 11 is 0. The van der Waals surface area contributed by atoms with Crippen LogP contribution in [0.3, 0.4) is 0 Å². The van der Waals surface area contributed by atoms with E-state index >= 15 is 0 Å². The number of nitrogens with zero attached hydrogens (tertiary/aromatic N) is 1.